The molecule has 0 aliphatic heterocycles. The van der Waals surface area contributed by atoms with E-state index in [1.54, 1.807) is 38.3 Å². The predicted octanol–water partition coefficient (Wildman–Crippen LogP) is 1.01. The summed E-state index contributed by atoms with van der Waals surface area (Å²) in [4.78, 5) is 22.7. The van der Waals surface area contributed by atoms with Gasteiger partial charge >= 0.3 is 5.97 Å². The highest BCUT2D eigenvalue weighted by Crippen LogP contribution is 2.10. The molecule has 0 radical (unpaired) electrons. The normalized spacial score (nSPS) is 10.6. The molecule has 0 atom stereocenters. The fraction of sp³-hybridized carbons (Fsp3) is 0.231. The third-order valence-corrected chi connectivity index (χ3v) is 2.26. The molecule has 0 heterocycles. The van der Waals surface area contributed by atoms with E-state index in [0.29, 0.717) is 17.0 Å². The van der Waals surface area contributed by atoms with Gasteiger partial charge in [0, 0.05) is 17.3 Å². The van der Waals surface area contributed by atoms with E-state index in [9.17, 15) is 9.59 Å². The Morgan fingerprint density at radius 1 is 1.11 bits per heavy atom. The van der Waals surface area contributed by atoms with Gasteiger partial charge in [0.25, 0.3) is 5.91 Å². The molecular weight excluding hydrogens is 248 g/mol. The topological polar surface area (TPSA) is 76.7 Å². The Balaban J connectivity index is 2.55. The lowest BCUT2D eigenvalue weighted by Crippen LogP contribution is -2.36. The highest BCUT2D eigenvalue weighted by molar-refractivity contribution is 5.94. The summed E-state index contributed by atoms with van der Waals surface area (Å²) in [6, 6.07) is 6.64. The van der Waals surface area contributed by atoms with Gasteiger partial charge in [-0.1, -0.05) is 0 Å². The van der Waals surface area contributed by atoms with Crippen LogP contribution >= 0.6 is 0 Å². The van der Waals surface area contributed by atoms with Gasteiger partial charge in [-0.15, -0.1) is 0 Å². The van der Waals surface area contributed by atoms with Crippen LogP contribution in [0.3, 0.4) is 0 Å². The Kier molecular flexibility index (Phi) is 5.40. The van der Waals surface area contributed by atoms with Gasteiger partial charge in [0.15, 0.2) is 0 Å². The van der Waals surface area contributed by atoms with E-state index in [4.69, 9.17) is 4.74 Å². The second-order valence-corrected chi connectivity index (χ2v) is 3.66. The van der Waals surface area contributed by atoms with E-state index in [-0.39, 0.29) is 5.91 Å². The quantitative estimate of drug-likeness (QED) is 0.471. The molecule has 2 N–H and O–H groups in total. The van der Waals surface area contributed by atoms with E-state index in [1.165, 1.54) is 13.2 Å². The third-order valence-electron chi connectivity index (χ3n) is 2.26. The average molecular weight is 264 g/mol. The summed E-state index contributed by atoms with van der Waals surface area (Å²) < 4.78 is 9.45. The van der Waals surface area contributed by atoms with Crippen LogP contribution in [0.2, 0.25) is 0 Å². The van der Waals surface area contributed by atoms with Gasteiger partial charge in [-0.2, -0.15) is 0 Å². The number of hydrogen-bond donors (Lipinski definition) is 2. The Bertz CT molecular complexity index is 480. The number of rotatable bonds is 5. The number of carbonyl (C=O) groups excluding carboxylic acids is 2. The standard InChI is InChI=1S/C13H16N2O4/c1-9(8-12(16)19-3)14-15-13(17)10-4-6-11(18-2)7-5-10/h4-8,14H,1-3H3,(H,15,17)/b9-8+. The SMILES string of the molecule is COC(=O)/C=C(\C)NNC(=O)c1ccc(OC)cc1. The number of esters is 1. The van der Waals surface area contributed by atoms with E-state index in [1.807, 2.05) is 0 Å². The molecule has 1 amide bonds. The van der Waals surface area contributed by atoms with Crippen molar-refractivity contribution in [2.24, 2.45) is 0 Å². The molecule has 102 valence electrons. The molecule has 0 spiro atoms. The molecule has 1 aromatic carbocycles. The Morgan fingerprint density at radius 2 is 1.74 bits per heavy atom. The second kappa shape index (κ2) is 7.05. The van der Waals surface area contributed by atoms with Gasteiger partial charge in [-0.05, 0) is 31.2 Å². The van der Waals surface area contributed by atoms with E-state index >= 15 is 0 Å². The van der Waals surface area contributed by atoms with Crippen molar-refractivity contribution in [2.75, 3.05) is 14.2 Å². The molecule has 6 nitrogen and oxygen atoms in total. The summed E-state index contributed by atoms with van der Waals surface area (Å²) in [5.74, 6) is -0.143. The lowest BCUT2D eigenvalue weighted by Gasteiger charge is -2.08. The van der Waals surface area contributed by atoms with Crippen LogP contribution in [0.25, 0.3) is 0 Å². The number of carbonyl (C=O) groups is 2. The second-order valence-electron chi connectivity index (χ2n) is 3.66. The fourth-order valence-corrected chi connectivity index (χ4v) is 1.24. The van der Waals surface area contributed by atoms with Crippen LogP contribution in [-0.2, 0) is 9.53 Å². The highest BCUT2D eigenvalue weighted by atomic mass is 16.5. The number of hydrazine groups is 1. The van der Waals surface area contributed by atoms with Gasteiger partial charge in [0.2, 0.25) is 0 Å². The van der Waals surface area contributed by atoms with E-state index in [2.05, 4.69) is 15.6 Å². The zero-order valence-corrected chi connectivity index (χ0v) is 11.0. The maximum atomic E-state index is 11.7. The largest absolute Gasteiger partial charge is 0.497 e. The van der Waals surface area contributed by atoms with Gasteiger partial charge in [-0.3, -0.25) is 10.2 Å². The number of allylic oxidation sites excluding steroid dienone is 1. The lowest BCUT2D eigenvalue weighted by atomic mass is 10.2. The molecule has 0 aliphatic rings. The number of methoxy groups -OCH3 is 2. The van der Waals surface area contributed by atoms with Crippen molar-refractivity contribution in [1.29, 1.82) is 0 Å². The summed E-state index contributed by atoms with van der Waals surface area (Å²) in [6.45, 7) is 1.63. The van der Waals surface area contributed by atoms with Crippen LogP contribution in [0.5, 0.6) is 5.75 Å². The highest BCUT2D eigenvalue weighted by Gasteiger charge is 2.05. The van der Waals surface area contributed by atoms with Gasteiger partial charge < -0.3 is 14.9 Å². The van der Waals surface area contributed by atoms with Crippen LogP contribution in [0.4, 0.5) is 0 Å². The minimum Gasteiger partial charge on any atom is -0.497 e. The number of amides is 1. The number of hydrogen-bond acceptors (Lipinski definition) is 5. The molecule has 0 unspecified atom stereocenters. The van der Waals surface area contributed by atoms with Gasteiger partial charge in [0.05, 0.1) is 14.2 Å². The Labute approximate surface area is 111 Å². The van der Waals surface area contributed by atoms with E-state index in [0.717, 1.165) is 0 Å². The molecule has 0 saturated heterocycles. The van der Waals surface area contributed by atoms with E-state index < -0.39 is 5.97 Å². The smallest absolute Gasteiger partial charge is 0.332 e. The molecule has 0 aliphatic carbocycles. The molecular formula is C13H16N2O4. The number of benzene rings is 1. The summed E-state index contributed by atoms with van der Waals surface area (Å²) in [7, 11) is 2.83. The van der Waals surface area contributed by atoms with Gasteiger partial charge in [0.1, 0.15) is 5.75 Å². The maximum absolute atomic E-state index is 11.7. The van der Waals surface area contributed by atoms with Crippen molar-refractivity contribution in [3.05, 3.63) is 41.6 Å². The van der Waals surface area contributed by atoms with Gasteiger partial charge in [-0.25, -0.2) is 4.79 Å². The minimum absolute atomic E-state index is 0.319. The first-order chi connectivity index (χ1) is 9.06. The number of ether oxygens (including phenoxy) is 2. The zero-order valence-electron chi connectivity index (χ0n) is 11.0. The van der Waals surface area contributed by atoms with Crippen molar-refractivity contribution >= 4 is 11.9 Å². The maximum Gasteiger partial charge on any atom is 0.332 e. The van der Waals surface area contributed by atoms with Crippen molar-refractivity contribution in [2.45, 2.75) is 6.92 Å². The van der Waals surface area contributed by atoms with Crippen LogP contribution in [-0.4, -0.2) is 26.1 Å². The van der Waals surface area contributed by atoms with Crippen LogP contribution < -0.4 is 15.6 Å². The average Bonchev–Trinajstić information content (AvgIpc) is 2.44. The molecule has 0 fully saturated rings. The zero-order chi connectivity index (χ0) is 14.3. The summed E-state index contributed by atoms with van der Waals surface area (Å²) in [5.41, 5.74) is 6.00. The molecule has 0 bridgehead atoms. The minimum atomic E-state index is -0.497. The molecule has 1 rings (SSSR count). The summed E-state index contributed by atoms with van der Waals surface area (Å²) >= 11 is 0. The molecule has 0 saturated carbocycles. The van der Waals surface area contributed by atoms with Crippen LogP contribution in [0.15, 0.2) is 36.0 Å². The monoisotopic (exact) mass is 264 g/mol. The number of nitrogens with one attached hydrogen (secondary N) is 2. The van der Waals surface area contributed by atoms with Crippen LogP contribution in [0.1, 0.15) is 17.3 Å². The van der Waals surface area contributed by atoms with Crippen molar-refractivity contribution in [3.8, 4) is 5.75 Å². The predicted molar refractivity (Wildman–Crippen MR) is 69.4 cm³/mol. The third kappa shape index (κ3) is 4.71. The van der Waals surface area contributed by atoms with Crippen molar-refractivity contribution < 1.29 is 19.1 Å². The summed E-state index contributed by atoms with van der Waals surface area (Å²) in [6.07, 6.45) is 1.23. The first kappa shape index (κ1) is 14.6. The first-order valence-electron chi connectivity index (χ1n) is 5.53. The fourth-order valence-electron chi connectivity index (χ4n) is 1.24. The van der Waals surface area contributed by atoms with Crippen molar-refractivity contribution in [1.82, 2.24) is 10.9 Å². The molecule has 1 aromatic rings. The van der Waals surface area contributed by atoms with Crippen LogP contribution in [0, 0.1) is 0 Å². The molecule has 19 heavy (non-hydrogen) atoms. The first-order valence-corrected chi connectivity index (χ1v) is 5.53. The van der Waals surface area contributed by atoms with Crippen molar-refractivity contribution in [3.63, 3.8) is 0 Å². The lowest BCUT2D eigenvalue weighted by molar-refractivity contribution is -0.134. The Morgan fingerprint density at radius 3 is 2.26 bits per heavy atom. The Hall–Kier alpha value is -2.50. The molecule has 6 heteroatoms. The molecule has 0 aromatic heterocycles. The summed E-state index contributed by atoms with van der Waals surface area (Å²) in [5, 5.41) is 0.